The van der Waals surface area contributed by atoms with Crippen molar-refractivity contribution < 1.29 is 13.2 Å². The monoisotopic (exact) mass is 279 g/mol. The highest BCUT2D eigenvalue weighted by Gasteiger charge is 2.41. The van der Waals surface area contributed by atoms with Crippen LogP contribution in [0.2, 0.25) is 0 Å². The maximum atomic E-state index is 12.1. The van der Waals surface area contributed by atoms with Crippen molar-refractivity contribution in [2.75, 3.05) is 13.1 Å². The number of nitrogens with zero attached hydrogens (tertiary/aromatic N) is 1. The fourth-order valence-electron chi connectivity index (χ4n) is 1.20. The van der Waals surface area contributed by atoms with E-state index in [1.165, 1.54) is 0 Å². The molecule has 0 bridgehead atoms. The van der Waals surface area contributed by atoms with Crippen molar-refractivity contribution in [2.45, 2.75) is 19.0 Å². The molecule has 1 fully saturated rings. The molecule has 1 aliphatic heterocycles. The maximum absolute atomic E-state index is 12.1. The van der Waals surface area contributed by atoms with Crippen molar-refractivity contribution in [3.05, 3.63) is 0 Å². The molecule has 66 valence electrons. The molecule has 11 heavy (non-hydrogen) atoms. The average Bonchev–Trinajstić information content (AvgIpc) is 1.86. The van der Waals surface area contributed by atoms with Crippen molar-refractivity contribution >= 4 is 22.9 Å². The summed E-state index contributed by atoms with van der Waals surface area (Å²) in [5.41, 5.74) is 0. The summed E-state index contributed by atoms with van der Waals surface area (Å²) >= 11 is 1.95. The predicted molar refractivity (Wildman–Crippen MR) is 44.4 cm³/mol. The van der Waals surface area contributed by atoms with E-state index in [0.717, 1.165) is 6.54 Å². The second-order valence-corrected chi connectivity index (χ2v) is 4.11. The summed E-state index contributed by atoms with van der Waals surface area (Å²) in [4.78, 5) is 0. The Labute approximate surface area is 77.4 Å². The molecule has 0 radical (unpaired) electrons. The average molecular weight is 279 g/mol. The van der Waals surface area contributed by atoms with Gasteiger partial charge in [-0.25, -0.2) is 3.11 Å². The Morgan fingerprint density at radius 2 is 2.00 bits per heavy atom. The zero-order valence-electron chi connectivity index (χ0n) is 5.86. The lowest BCUT2D eigenvalue weighted by Crippen LogP contribution is -2.36. The lowest BCUT2D eigenvalue weighted by molar-refractivity contribution is -0.181. The van der Waals surface area contributed by atoms with Crippen LogP contribution in [0.4, 0.5) is 13.2 Å². The van der Waals surface area contributed by atoms with Crippen LogP contribution in [0.25, 0.3) is 0 Å². The molecule has 1 aliphatic rings. The molecule has 0 aromatic rings. The van der Waals surface area contributed by atoms with Gasteiger partial charge in [0.05, 0.1) is 5.92 Å². The van der Waals surface area contributed by atoms with E-state index in [0.29, 0.717) is 12.8 Å². The third-order valence-corrected chi connectivity index (χ3v) is 2.71. The highest BCUT2D eigenvalue weighted by molar-refractivity contribution is 14.1. The van der Waals surface area contributed by atoms with Gasteiger partial charge in [0.25, 0.3) is 0 Å². The second kappa shape index (κ2) is 3.47. The first-order valence-corrected chi connectivity index (χ1v) is 4.44. The molecule has 0 N–H and O–H groups in total. The van der Waals surface area contributed by atoms with Crippen molar-refractivity contribution in [2.24, 2.45) is 5.92 Å². The minimum Gasteiger partial charge on any atom is -0.247 e. The van der Waals surface area contributed by atoms with E-state index in [4.69, 9.17) is 0 Å². The third-order valence-electron chi connectivity index (χ3n) is 1.83. The van der Waals surface area contributed by atoms with E-state index < -0.39 is 12.1 Å². The number of rotatable bonds is 0. The van der Waals surface area contributed by atoms with Gasteiger partial charge < -0.3 is 0 Å². The highest BCUT2D eigenvalue weighted by atomic mass is 127. The van der Waals surface area contributed by atoms with Gasteiger partial charge in [0.2, 0.25) is 0 Å². The van der Waals surface area contributed by atoms with Crippen LogP contribution < -0.4 is 0 Å². The molecule has 0 spiro atoms. The van der Waals surface area contributed by atoms with Crippen molar-refractivity contribution in [3.63, 3.8) is 0 Å². The molecule has 1 rings (SSSR count). The summed E-state index contributed by atoms with van der Waals surface area (Å²) in [5.74, 6) is -1.10. The molecule has 0 aromatic heterocycles. The second-order valence-electron chi connectivity index (χ2n) is 2.75. The van der Waals surface area contributed by atoms with Gasteiger partial charge in [0.1, 0.15) is 0 Å². The van der Waals surface area contributed by atoms with E-state index in [1.807, 2.05) is 22.9 Å². The molecular formula is C6H9F3IN. The Balaban J connectivity index is 2.46. The lowest BCUT2D eigenvalue weighted by Gasteiger charge is -2.29. The molecule has 5 heteroatoms. The van der Waals surface area contributed by atoms with Crippen LogP contribution in [0.1, 0.15) is 12.8 Å². The lowest BCUT2D eigenvalue weighted by atomic mass is 9.99. The van der Waals surface area contributed by atoms with Crippen LogP contribution in [0, 0.1) is 5.92 Å². The molecular weight excluding hydrogens is 270 g/mol. The molecule has 1 atom stereocenters. The fourth-order valence-corrected chi connectivity index (χ4v) is 2.01. The number of alkyl halides is 3. The minimum atomic E-state index is -4.00. The van der Waals surface area contributed by atoms with Crippen LogP contribution in [-0.4, -0.2) is 22.4 Å². The molecule has 0 aliphatic carbocycles. The SMILES string of the molecule is FC(F)(F)C1CCCN(I)C1. The summed E-state index contributed by atoms with van der Waals surface area (Å²) in [7, 11) is 0. The van der Waals surface area contributed by atoms with Gasteiger partial charge in [0.15, 0.2) is 0 Å². The van der Waals surface area contributed by atoms with Gasteiger partial charge in [-0.1, -0.05) is 0 Å². The van der Waals surface area contributed by atoms with E-state index in [9.17, 15) is 13.2 Å². The molecule has 0 aromatic carbocycles. The number of hydrogen-bond donors (Lipinski definition) is 0. The first-order valence-electron chi connectivity index (χ1n) is 3.47. The van der Waals surface area contributed by atoms with E-state index in [1.54, 1.807) is 3.11 Å². The Kier molecular flexibility index (Phi) is 3.02. The zero-order chi connectivity index (χ0) is 8.48. The van der Waals surface area contributed by atoms with Gasteiger partial charge >= 0.3 is 6.18 Å². The summed E-state index contributed by atoms with van der Waals surface area (Å²) in [6, 6.07) is 0. The third kappa shape index (κ3) is 2.77. The molecule has 0 amide bonds. The molecule has 1 saturated heterocycles. The fraction of sp³-hybridized carbons (Fsp3) is 1.00. The molecule has 1 nitrogen and oxygen atoms in total. The normalized spacial score (nSPS) is 28.9. The largest absolute Gasteiger partial charge is 0.393 e. The van der Waals surface area contributed by atoms with Crippen LogP contribution in [-0.2, 0) is 0 Å². The summed E-state index contributed by atoms with van der Waals surface area (Å²) in [6.07, 6.45) is -3.04. The van der Waals surface area contributed by atoms with Crippen molar-refractivity contribution in [3.8, 4) is 0 Å². The van der Waals surface area contributed by atoms with Crippen molar-refractivity contribution in [1.82, 2.24) is 3.11 Å². The first kappa shape index (κ1) is 9.57. The minimum absolute atomic E-state index is 0.157. The topological polar surface area (TPSA) is 3.24 Å². The highest BCUT2D eigenvalue weighted by Crippen LogP contribution is 2.33. The summed E-state index contributed by atoms with van der Waals surface area (Å²) < 4.78 is 38.0. The number of halogens is 4. The Hall–Kier alpha value is 0.480. The van der Waals surface area contributed by atoms with Gasteiger partial charge in [-0.15, -0.1) is 0 Å². The smallest absolute Gasteiger partial charge is 0.247 e. The predicted octanol–water partition coefficient (Wildman–Crippen LogP) is 2.61. The van der Waals surface area contributed by atoms with Crippen LogP contribution in [0.3, 0.4) is 0 Å². The van der Waals surface area contributed by atoms with Crippen LogP contribution in [0.15, 0.2) is 0 Å². The van der Waals surface area contributed by atoms with E-state index in [-0.39, 0.29) is 6.54 Å². The Bertz CT molecular complexity index is 136. The van der Waals surface area contributed by atoms with Gasteiger partial charge in [-0.2, -0.15) is 13.2 Å². The van der Waals surface area contributed by atoms with Gasteiger partial charge in [0, 0.05) is 36.0 Å². The molecule has 0 saturated carbocycles. The Morgan fingerprint density at radius 3 is 2.36 bits per heavy atom. The van der Waals surface area contributed by atoms with Gasteiger partial charge in [-0.3, -0.25) is 0 Å². The van der Waals surface area contributed by atoms with E-state index in [2.05, 4.69) is 0 Å². The summed E-state index contributed by atoms with van der Waals surface area (Å²) in [5, 5.41) is 0. The van der Waals surface area contributed by atoms with Gasteiger partial charge in [-0.05, 0) is 12.8 Å². The molecule has 1 unspecified atom stereocenters. The quantitative estimate of drug-likeness (QED) is 0.486. The maximum Gasteiger partial charge on any atom is 0.393 e. The van der Waals surface area contributed by atoms with Crippen molar-refractivity contribution in [1.29, 1.82) is 0 Å². The standard InChI is InChI=1S/C6H9F3IN/c7-6(8,9)5-2-1-3-11(10)4-5/h5H,1-4H2. The zero-order valence-corrected chi connectivity index (χ0v) is 8.02. The van der Waals surface area contributed by atoms with E-state index >= 15 is 0 Å². The van der Waals surface area contributed by atoms with Crippen LogP contribution in [0.5, 0.6) is 0 Å². The first-order chi connectivity index (χ1) is 5.00. The van der Waals surface area contributed by atoms with Crippen LogP contribution >= 0.6 is 22.9 Å². The number of hydrogen-bond acceptors (Lipinski definition) is 1. The molecule has 1 heterocycles. The Morgan fingerprint density at radius 1 is 1.36 bits per heavy atom. The summed E-state index contributed by atoms with van der Waals surface area (Å²) in [6.45, 7) is 0.942. The number of piperidine rings is 1.